The first kappa shape index (κ1) is 14.4. The molecule has 4 heteroatoms. The fraction of sp³-hybridized carbons (Fsp3) is 0.909. The van der Waals surface area contributed by atoms with Crippen molar-refractivity contribution < 1.29 is 14.3 Å². The first-order valence-corrected chi connectivity index (χ1v) is 5.48. The van der Waals surface area contributed by atoms with Gasteiger partial charge in [-0.15, -0.1) is 0 Å². The van der Waals surface area contributed by atoms with Gasteiger partial charge in [0.15, 0.2) is 0 Å². The topological polar surface area (TPSA) is 38.8 Å². The lowest BCUT2D eigenvalue weighted by atomic mass is 10.2. The van der Waals surface area contributed by atoms with Crippen molar-refractivity contribution >= 4 is 5.97 Å². The van der Waals surface area contributed by atoms with E-state index in [1.807, 2.05) is 18.9 Å². The molecule has 0 aromatic rings. The molecule has 0 rings (SSSR count). The monoisotopic (exact) mass is 217 g/mol. The van der Waals surface area contributed by atoms with Crippen molar-refractivity contribution in [2.45, 2.75) is 20.8 Å². The minimum atomic E-state index is -0.177. The van der Waals surface area contributed by atoms with Gasteiger partial charge < -0.3 is 9.47 Å². The van der Waals surface area contributed by atoms with Crippen LogP contribution < -0.4 is 0 Å². The van der Waals surface area contributed by atoms with Gasteiger partial charge in [-0.05, 0) is 19.9 Å². The van der Waals surface area contributed by atoms with E-state index in [2.05, 4.69) is 13.8 Å². The first-order valence-electron chi connectivity index (χ1n) is 5.48. The SMILES string of the molecule is CCOC(=O)CN(C)CCOCC(C)C. The van der Waals surface area contributed by atoms with Crippen LogP contribution in [0, 0.1) is 5.92 Å². The smallest absolute Gasteiger partial charge is 0.320 e. The molecule has 0 aliphatic rings. The summed E-state index contributed by atoms with van der Waals surface area (Å²) < 4.78 is 10.2. The van der Waals surface area contributed by atoms with Gasteiger partial charge in [0.2, 0.25) is 0 Å². The second-order valence-electron chi connectivity index (χ2n) is 4.01. The molecule has 4 nitrogen and oxygen atoms in total. The second-order valence-corrected chi connectivity index (χ2v) is 4.01. The maximum absolute atomic E-state index is 11.1. The molecular formula is C11H23NO3. The van der Waals surface area contributed by atoms with Crippen molar-refractivity contribution in [3.63, 3.8) is 0 Å². The van der Waals surface area contributed by atoms with Crippen LogP contribution in [0.1, 0.15) is 20.8 Å². The fourth-order valence-electron chi connectivity index (χ4n) is 1.05. The molecule has 90 valence electrons. The highest BCUT2D eigenvalue weighted by Crippen LogP contribution is 1.93. The molecule has 0 N–H and O–H groups in total. The van der Waals surface area contributed by atoms with Crippen LogP contribution in [0.3, 0.4) is 0 Å². The van der Waals surface area contributed by atoms with Crippen molar-refractivity contribution in [3.05, 3.63) is 0 Å². The summed E-state index contributed by atoms with van der Waals surface area (Å²) in [5.74, 6) is 0.379. The number of carbonyl (C=O) groups excluding carboxylic acids is 1. The normalized spacial score (nSPS) is 11.1. The molecule has 0 spiro atoms. The molecule has 0 saturated heterocycles. The lowest BCUT2D eigenvalue weighted by Gasteiger charge is -2.15. The Labute approximate surface area is 92.5 Å². The van der Waals surface area contributed by atoms with Crippen molar-refractivity contribution in [2.24, 2.45) is 5.92 Å². The molecule has 0 aromatic heterocycles. The third-order valence-corrected chi connectivity index (χ3v) is 1.77. The molecular weight excluding hydrogens is 194 g/mol. The molecule has 0 saturated carbocycles. The summed E-state index contributed by atoms with van der Waals surface area (Å²) in [6, 6.07) is 0. The first-order chi connectivity index (χ1) is 7.06. The van der Waals surface area contributed by atoms with Crippen LogP contribution in [0.25, 0.3) is 0 Å². The quantitative estimate of drug-likeness (QED) is 0.451. The molecule has 0 atom stereocenters. The van der Waals surface area contributed by atoms with Crippen molar-refractivity contribution in [1.29, 1.82) is 0 Å². The van der Waals surface area contributed by atoms with E-state index in [1.54, 1.807) is 0 Å². The summed E-state index contributed by atoms with van der Waals surface area (Å²) in [6.45, 7) is 9.00. The zero-order valence-electron chi connectivity index (χ0n) is 10.3. The Morgan fingerprint density at radius 1 is 1.40 bits per heavy atom. The third-order valence-electron chi connectivity index (χ3n) is 1.77. The van der Waals surface area contributed by atoms with E-state index < -0.39 is 0 Å². The Morgan fingerprint density at radius 2 is 2.07 bits per heavy atom. The predicted octanol–water partition coefficient (Wildman–Crippen LogP) is 1.15. The largest absolute Gasteiger partial charge is 0.465 e. The summed E-state index contributed by atoms with van der Waals surface area (Å²) >= 11 is 0. The summed E-state index contributed by atoms with van der Waals surface area (Å²) in [4.78, 5) is 13.0. The average molecular weight is 217 g/mol. The molecule has 0 aliphatic carbocycles. The summed E-state index contributed by atoms with van der Waals surface area (Å²) in [5.41, 5.74) is 0. The van der Waals surface area contributed by atoms with Crippen LogP contribution in [-0.2, 0) is 14.3 Å². The maximum Gasteiger partial charge on any atom is 0.320 e. The molecule has 0 amide bonds. The Hall–Kier alpha value is -0.610. The van der Waals surface area contributed by atoms with Crippen LogP contribution in [0.2, 0.25) is 0 Å². The zero-order valence-corrected chi connectivity index (χ0v) is 10.3. The highest BCUT2D eigenvalue weighted by Gasteiger charge is 2.06. The van der Waals surface area contributed by atoms with Crippen LogP contribution in [0.5, 0.6) is 0 Å². The number of carbonyl (C=O) groups is 1. The Kier molecular flexibility index (Phi) is 8.33. The van der Waals surface area contributed by atoms with Gasteiger partial charge in [-0.3, -0.25) is 9.69 Å². The molecule has 0 heterocycles. The van der Waals surface area contributed by atoms with Crippen molar-refractivity contribution in [1.82, 2.24) is 4.90 Å². The number of hydrogen-bond acceptors (Lipinski definition) is 4. The Morgan fingerprint density at radius 3 is 2.60 bits per heavy atom. The summed E-state index contributed by atoms with van der Waals surface area (Å²) in [6.07, 6.45) is 0. The van der Waals surface area contributed by atoms with E-state index in [0.29, 0.717) is 25.7 Å². The van der Waals surface area contributed by atoms with Gasteiger partial charge >= 0.3 is 5.97 Å². The highest BCUT2D eigenvalue weighted by atomic mass is 16.5. The van der Waals surface area contributed by atoms with Crippen molar-refractivity contribution in [2.75, 3.05) is 40.0 Å². The standard InChI is InChI=1S/C11H23NO3/c1-5-15-11(13)8-12(4)6-7-14-9-10(2)3/h10H,5-9H2,1-4H3. The van der Waals surface area contributed by atoms with E-state index in [0.717, 1.165) is 13.2 Å². The molecule has 0 radical (unpaired) electrons. The van der Waals surface area contributed by atoms with Gasteiger partial charge in [-0.2, -0.15) is 0 Å². The minimum absolute atomic E-state index is 0.177. The molecule has 0 fully saturated rings. The zero-order chi connectivity index (χ0) is 11.7. The maximum atomic E-state index is 11.1. The van der Waals surface area contributed by atoms with E-state index >= 15 is 0 Å². The Balaban J connectivity index is 3.40. The number of hydrogen-bond donors (Lipinski definition) is 0. The van der Waals surface area contributed by atoms with E-state index in [1.165, 1.54) is 0 Å². The summed E-state index contributed by atoms with van der Waals surface area (Å²) in [7, 11) is 1.88. The molecule has 0 bridgehead atoms. The third kappa shape index (κ3) is 9.69. The van der Waals surface area contributed by atoms with E-state index in [4.69, 9.17) is 9.47 Å². The van der Waals surface area contributed by atoms with Crippen LogP contribution in [0.4, 0.5) is 0 Å². The van der Waals surface area contributed by atoms with E-state index in [-0.39, 0.29) is 5.97 Å². The molecule has 0 unspecified atom stereocenters. The number of esters is 1. The van der Waals surface area contributed by atoms with Crippen LogP contribution in [-0.4, -0.2) is 50.8 Å². The molecule has 15 heavy (non-hydrogen) atoms. The van der Waals surface area contributed by atoms with Gasteiger partial charge in [-0.25, -0.2) is 0 Å². The number of rotatable bonds is 8. The van der Waals surface area contributed by atoms with Gasteiger partial charge in [0.05, 0.1) is 19.8 Å². The average Bonchev–Trinajstić information content (AvgIpc) is 2.12. The lowest BCUT2D eigenvalue weighted by Crippen LogP contribution is -2.30. The number of likely N-dealkylation sites (N-methyl/N-ethyl adjacent to an activating group) is 1. The van der Waals surface area contributed by atoms with Crippen LogP contribution in [0.15, 0.2) is 0 Å². The Bertz CT molecular complexity index is 171. The van der Waals surface area contributed by atoms with Gasteiger partial charge in [0.1, 0.15) is 0 Å². The fourth-order valence-corrected chi connectivity index (χ4v) is 1.05. The predicted molar refractivity (Wildman–Crippen MR) is 59.8 cm³/mol. The summed E-state index contributed by atoms with van der Waals surface area (Å²) in [5, 5.41) is 0. The molecule has 0 aromatic carbocycles. The van der Waals surface area contributed by atoms with Gasteiger partial charge in [-0.1, -0.05) is 13.8 Å². The molecule has 0 aliphatic heterocycles. The number of ether oxygens (including phenoxy) is 2. The van der Waals surface area contributed by atoms with Gasteiger partial charge in [0, 0.05) is 13.2 Å². The van der Waals surface area contributed by atoms with E-state index in [9.17, 15) is 4.79 Å². The highest BCUT2D eigenvalue weighted by molar-refractivity contribution is 5.71. The van der Waals surface area contributed by atoms with Crippen LogP contribution >= 0.6 is 0 Å². The second kappa shape index (κ2) is 8.68. The van der Waals surface area contributed by atoms with Gasteiger partial charge in [0.25, 0.3) is 0 Å². The minimum Gasteiger partial charge on any atom is -0.465 e. The lowest BCUT2D eigenvalue weighted by molar-refractivity contribution is -0.144. The number of nitrogens with zero attached hydrogens (tertiary/aromatic N) is 1. The van der Waals surface area contributed by atoms with Crippen molar-refractivity contribution in [3.8, 4) is 0 Å².